The van der Waals surface area contributed by atoms with Crippen molar-refractivity contribution in [1.82, 2.24) is 15.3 Å². The SMILES string of the molecule is O=C(O)c1nc(-c2cccc(Cl)c2)nc2c1CNCC2. The summed E-state index contributed by atoms with van der Waals surface area (Å²) >= 11 is 5.96. The van der Waals surface area contributed by atoms with Crippen LogP contribution in [-0.2, 0) is 13.0 Å². The van der Waals surface area contributed by atoms with Crippen LogP contribution in [-0.4, -0.2) is 27.6 Å². The summed E-state index contributed by atoms with van der Waals surface area (Å²) in [6.07, 6.45) is 0.700. The maximum Gasteiger partial charge on any atom is 0.354 e. The number of halogens is 1. The summed E-state index contributed by atoms with van der Waals surface area (Å²) in [5.74, 6) is -0.624. The maximum absolute atomic E-state index is 11.4. The molecule has 1 aliphatic heterocycles. The number of aromatic nitrogens is 2. The van der Waals surface area contributed by atoms with Gasteiger partial charge in [-0.25, -0.2) is 14.8 Å². The van der Waals surface area contributed by atoms with Gasteiger partial charge in [-0.3, -0.25) is 0 Å². The van der Waals surface area contributed by atoms with E-state index in [1.807, 2.05) is 6.07 Å². The smallest absolute Gasteiger partial charge is 0.354 e. The number of nitrogens with one attached hydrogen (secondary N) is 1. The van der Waals surface area contributed by atoms with Crippen LogP contribution in [0.15, 0.2) is 24.3 Å². The van der Waals surface area contributed by atoms with Crippen LogP contribution < -0.4 is 5.32 Å². The molecular formula is C14H12ClN3O2. The van der Waals surface area contributed by atoms with Gasteiger partial charge in [-0.05, 0) is 12.1 Å². The van der Waals surface area contributed by atoms with Gasteiger partial charge >= 0.3 is 5.97 Å². The lowest BCUT2D eigenvalue weighted by Crippen LogP contribution is -2.28. The first-order chi connectivity index (χ1) is 9.65. The Kier molecular flexibility index (Phi) is 3.38. The van der Waals surface area contributed by atoms with E-state index in [9.17, 15) is 9.90 Å². The highest BCUT2D eigenvalue weighted by Crippen LogP contribution is 2.23. The zero-order valence-electron chi connectivity index (χ0n) is 10.6. The zero-order valence-corrected chi connectivity index (χ0v) is 11.3. The number of hydrogen-bond donors (Lipinski definition) is 2. The molecule has 2 N–H and O–H groups in total. The van der Waals surface area contributed by atoms with Crippen molar-refractivity contribution in [1.29, 1.82) is 0 Å². The van der Waals surface area contributed by atoms with E-state index in [0.717, 1.165) is 17.8 Å². The van der Waals surface area contributed by atoms with Crippen LogP contribution in [0.3, 0.4) is 0 Å². The molecule has 1 aromatic heterocycles. The van der Waals surface area contributed by atoms with Gasteiger partial charge in [0.1, 0.15) is 0 Å². The van der Waals surface area contributed by atoms with Gasteiger partial charge in [0.25, 0.3) is 0 Å². The average molecular weight is 290 g/mol. The molecule has 0 unspecified atom stereocenters. The third kappa shape index (κ3) is 2.37. The lowest BCUT2D eigenvalue weighted by molar-refractivity contribution is 0.0688. The molecule has 5 nitrogen and oxygen atoms in total. The Balaban J connectivity index is 2.17. The van der Waals surface area contributed by atoms with E-state index in [1.54, 1.807) is 18.2 Å². The minimum atomic E-state index is -1.03. The second kappa shape index (κ2) is 5.19. The molecule has 1 aliphatic rings. The Morgan fingerprint density at radius 3 is 2.95 bits per heavy atom. The zero-order chi connectivity index (χ0) is 14.1. The summed E-state index contributed by atoms with van der Waals surface area (Å²) in [7, 11) is 0. The number of carbonyl (C=O) groups is 1. The third-order valence-electron chi connectivity index (χ3n) is 3.22. The van der Waals surface area contributed by atoms with Gasteiger partial charge in [0.05, 0.1) is 5.69 Å². The number of hydrogen-bond acceptors (Lipinski definition) is 4. The van der Waals surface area contributed by atoms with E-state index < -0.39 is 5.97 Å². The molecule has 0 atom stereocenters. The van der Waals surface area contributed by atoms with Crippen LogP contribution in [0, 0.1) is 0 Å². The number of nitrogens with zero attached hydrogens (tertiary/aromatic N) is 2. The molecule has 0 spiro atoms. The lowest BCUT2D eigenvalue weighted by Gasteiger charge is -2.18. The molecular weight excluding hydrogens is 278 g/mol. The standard InChI is InChI=1S/C14H12ClN3O2/c15-9-3-1-2-8(6-9)13-17-11-4-5-16-7-10(11)12(18-13)14(19)20/h1-3,6,16H,4-5,7H2,(H,19,20). The first-order valence-electron chi connectivity index (χ1n) is 6.25. The molecule has 2 heterocycles. The van der Waals surface area contributed by atoms with E-state index in [4.69, 9.17) is 11.6 Å². The van der Waals surface area contributed by atoms with Crippen LogP contribution >= 0.6 is 11.6 Å². The van der Waals surface area contributed by atoms with Crippen LogP contribution in [0.1, 0.15) is 21.7 Å². The van der Waals surface area contributed by atoms with Crippen molar-refractivity contribution >= 4 is 17.6 Å². The van der Waals surface area contributed by atoms with E-state index in [0.29, 0.717) is 29.4 Å². The topological polar surface area (TPSA) is 75.1 Å². The lowest BCUT2D eigenvalue weighted by atomic mass is 10.0. The molecule has 0 radical (unpaired) electrons. The molecule has 1 aromatic carbocycles. The van der Waals surface area contributed by atoms with Crippen molar-refractivity contribution in [3.8, 4) is 11.4 Å². The van der Waals surface area contributed by atoms with Crippen LogP contribution in [0.25, 0.3) is 11.4 Å². The molecule has 0 saturated carbocycles. The van der Waals surface area contributed by atoms with Crippen molar-refractivity contribution in [2.45, 2.75) is 13.0 Å². The summed E-state index contributed by atoms with van der Waals surface area (Å²) < 4.78 is 0. The summed E-state index contributed by atoms with van der Waals surface area (Å²) in [4.78, 5) is 20.1. The van der Waals surface area contributed by atoms with Crippen molar-refractivity contribution in [2.75, 3.05) is 6.54 Å². The average Bonchev–Trinajstić information content (AvgIpc) is 2.46. The highest BCUT2D eigenvalue weighted by molar-refractivity contribution is 6.30. The van der Waals surface area contributed by atoms with Crippen molar-refractivity contribution in [3.63, 3.8) is 0 Å². The number of benzene rings is 1. The van der Waals surface area contributed by atoms with Crippen molar-refractivity contribution in [2.24, 2.45) is 0 Å². The Bertz CT molecular complexity index is 688. The number of carboxylic acid groups (broad SMARTS) is 1. The molecule has 2 aromatic rings. The van der Waals surface area contributed by atoms with Crippen molar-refractivity contribution < 1.29 is 9.90 Å². The minimum absolute atomic E-state index is 0.0668. The highest BCUT2D eigenvalue weighted by Gasteiger charge is 2.22. The maximum atomic E-state index is 11.4. The van der Waals surface area contributed by atoms with Gasteiger partial charge in [-0.1, -0.05) is 23.7 Å². The normalized spacial score (nSPS) is 13.8. The van der Waals surface area contributed by atoms with Gasteiger partial charge in [-0.2, -0.15) is 0 Å². The quantitative estimate of drug-likeness (QED) is 0.886. The molecule has 0 aliphatic carbocycles. The van der Waals surface area contributed by atoms with E-state index in [-0.39, 0.29) is 5.69 Å². The first kappa shape index (κ1) is 13.0. The summed E-state index contributed by atoms with van der Waals surface area (Å²) in [5.41, 5.74) is 2.26. The monoisotopic (exact) mass is 289 g/mol. The third-order valence-corrected chi connectivity index (χ3v) is 3.45. The van der Waals surface area contributed by atoms with Gasteiger partial charge in [0, 0.05) is 35.7 Å². The van der Waals surface area contributed by atoms with Gasteiger partial charge in [0.15, 0.2) is 11.5 Å². The molecule has 0 saturated heterocycles. The molecule has 20 heavy (non-hydrogen) atoms. The van der Waals surface area contributed by atoms with Gasteiger partial charge in [0.2, 0.25) is 0 Å². The Morgan fingerprint density at radius 2 is 2.20 bits per heavy atom. The Labute approximate surface area is 120 Å². The number of fused-ring (bicyclic) bond motifs is 1. The fourth-order valence-corrected chi connectivity index (χ4v) is 2.47. The highest BCUT2D eigenvalue weighted by atomic mass is 35.5. The molecule has 0 amide bonds. The molecule has 6 heteroatoms. The summed E-state index contributed by atoms with van der Waals surface area (Å²) in [6.45, 7) is 1.28. The fraction of sp³-hybridized carbons (Fsp3) is 0.214. The molecule has 102 valence electrons. The Hall–Kier alpha value is -1.98. The number of aromatic carboxylic acids is 1. The number of rotatable bonds is 2. The second-order valence-corrected chi connectivity index (χ2v) is 5.00. The van der Waals surface area contributed by atoms with Gasteiger partial charge < -0.3 is 10.4 Å². The van der Waals surface area contributed by atoms with Crippen LogP contribution in [0.2, 0.25) is 5.02 Å². The molecule has 0 fully saturated rings. The minimum Gasteiger partial charge on any atom is -0.476 e. The predicted molar refractivity (Wildman–Crippen MR) is 74.8 cm³/mol. The largest absolute Gasteiger partial charge is 0.476 e. The van der Waals surface area contributed by atoms with E-state index >= 15 is 0 Å². The first-order valence-corrected chi connectivity index (χ1v) is 6.62. The summed E-state index contributed by atoms with van der Waals surface area (Å²) in [6, 6.07) is 7.10. The van der Waals surface area contributed by atoms with E-state index in [2.05, 4.69) is 15.3 Å². The number of carboxylic acids is 1. The van der Waals surface area contributed by atoms with Gasteiger partial charge in [-0.15, -0.1) is 0 Å². The van der Waals surface area contributed by atoms with Crippen molar-refractivity contribution in [3.05, 3.63) is 46.2 Å². The van der Waals surface area contributed by atoms with Crippen LogP contribution in [0.4, 0.5) is 0 Å². The van der Waals surface area contributed by atoms with E-state index in [1.165, 1.54) is 0 Å². The summed E-state index contributed by atoms with van der Waals surface area (Å²) in [5, 5.41) is 13.0. The van der Waals surface area contributed by atoms with Crippen LogP contribution in [0.5, 0.6) is 0 Å². The molecule has 3 rings (SSSR count). The fourth-order valence-electron chi connectivity index (χ4n) is 2.28. The second-order valence-electron chi connectivity index (χ2n) is 4.56. The molecule has 0 bridgehead atoms. The predicted octanol–water partition coefficient (Wildman–Crippen LogP) is 2.14. The Morgan fingerprint density at radius 1 is 1.35 bits per heavy atom.